The number of benzene rings is 1. The summed E-state index contributed by atoms with van der Waals surface area (Å²) < 4.78 is 5.05. The molecule has 0 aliphatic rings. The minimum atomic E-state index is -0.674. The first-order chi connectivity index (χ1) is 8.01. The highest BCUT2D eigenvalue weighted by Crippen LogP contribution is 2.23. The molecule has 0 bridgehead atoms. The minimum Gasteiger partial charge on any atom is -0.466 e. The SMILES string of the molecule is CCOC(=O)C(C)(CN)Cc1ccc(N)cc1. The number of rotatable bonds is 5. The number of hydrogen-bond acceptors (Lipinski definition) is 4. The van der Waals surface area contributed by atoms with Crippen LogP contribution in [0, 0.1) is 5.41 Å². The highest BCUT2D eigenvalue weighted by molar-refractivity contribution is 5.77. The molecule has 4 nitrogen and oxygen atoms in total. The van der Waals surface area contributed by atoms with E-state index in [9.17, 15) is 4.79 Å². The third-order valence-electron chi connectivity index (χ3n) is 2.79. The zero-order chi connectivity index (χ0) is 12.9. The predicted molar refractivity (Wildman–Crippen MR) is 68.4 cm³/mol. The summed E-state index contributed by atoms with van der Waals surface area (Å²) in [5.41, 5.74) is 12.4. The minimum absolute atomic E-state index is 0.251. The number of carbonyl (C=O) groups is 1. The Morgan fingerprint density at radius 3 is 2.41 bits per heavy atom. The lowest BCUT2D eigenvalue weighted by Gasteiger charge is -2.25. The fourth-order valence-electron chi connectivity index (χ4n) is 1.62. The Morgan fingerprint density at radius 1 is 1.35 bits per heavy atom. The van der Waals surface area contributed by atoms with Crippen molar-refractivity contribution in [3.63, 3.8) is 0 Å². The van der Waals surface area contributed by atoms with Gasteiger partial charge in [-0.25, -0.2) is 0 Å². The van der Waals surface area contributed by atoms with Crippen molar-refractivity contribution >= 4 is 11.7 Å². The lowest BCUT2D eigenvalue weighted by Crippen LogP contribution is -2.39. The zero-order valence-corrected chi connectivity index (χ0v) is 10.4. The largest absolute Gasteiger partial charge is 0.466 e. The third kappa shape index (κ3) is 3.46. The number of carbonyl (C=O) groups excluding carboxylic acids is 1. The van der Waals surface area contributed by atoms with Crippen LogP contribution in [-0.2, 0) is 16.0 Å². The molecule has 1 aromatic carbocycles. The molecule has 0 aliphatic carbocycles. The molecule has 4 N–H and O–H groups in total. The molecule has 17 heavy (non-hydrogen) atoms. The molecular formula is C13H20N2O2. The lowest BCUT2D eigenvalue weighted by atomic mass is 9.83. The van der Waals surface area contributed by atoms with Gasteiger partial charge < -0.3 is 16.2 Å². The molecule has 0 amide bonds. The molecule has 0 saturated carbocycles. The monoisotopic (exact) mass is 236 g/mol. The second-order valence-electron chi connectivity index (χ2n) is 4.40. The lowest BCUT2D eigenvalue weighted by molar-refractivity contribution is -0.153. The summed E-state index contributed by atoms with van der Waals surface area (Å²) >= 11 is 0. The van der Waals surface area contributed by atoms with Gasteiger partial charge in [0.1, 0.15) is 0 Å². The number of nitrogen functional groups attached to an aromatic ring is 1. The topological polar surface area (TPSA) is 78.3 Å². The van der Waals surface area contributed by atoms with Crippen LogP contribution < -0.4 is 11.5 Å². The second kappa shape index (κ2) is 5.68. The summed E-state index contributed by atoms with van der Waals surface area (Å²) in [6, 6.07) is 7.44. The van der Waals surface area contributed by atoms with E-state index in [1.165, 1.54) is 0 Å². The first kappa shape index (κ1) is 13.5. The summed E-state index contributed by atoms with van der Waals surface area (Å²) in [6.45, 7) is 4.24. The molecule has 1 aromatic rings. The first-order valence-electron chi connectivity index (χ1n) is 5.73. The Bertz CT molecular complexity index is 376. The van der Waals surface area contributed by atoms with Gasteiger partial charge in [-0.3, -0.25) is 4.79 Å². The smallest absolute Gasteiger partial charge is 0.313 e. The van der Waals surface area contributed by atoms with Gasteiger partial charge in [0, 0.05) is 12.2 Å². The maximum atomic E-state index is 11.8. The number of esters is 1. The average Bonchev–Trinajstić information content (AvgIpc) is 2.32. The third-order valence-corrected chi connectivity index (χ3v) is 2.79. The van der Waals surface area contributed by atoms with Crippen molar-refractivity contribution in [2.75, 3.05) is 18.9 Å². The van der Waals surface area contributed by atoms with Crippen molar-refractivity contribution < 1.29 is 9.53 Å². The Labute approximate surface area is 102 Å². The van der Waals surface area contributed by atoms with Gasteiger partial charge >= 0.3 is 5.97 Å². The number of nitrogens with two attached hydrogens (primary N) is 2. The maximum absolute atomic E-state index is 11.8. The van der Waals surface area contributed by atoms with Crippen molar-refractivity contribution in [3.8, 4) is 0 Å². The Morgan fingerprint density at radius 2 is 1.94 bits per heavy atom. The van der Waals surface area contributed by atoms with E-state index in [1.54, 1.807) is 6.92 Å². The van der Waals surface area contributed by atoms with Gasteiger partial charge in [0.15, 0.2) is 0 Å². The molecule has 0 fully saturated rings. The fraction of sp³-hybridized carbons (Fsp3) is 0.462. The molecule has 94 valence electrons. The molecule has 0 aromatic heterocycles. The van der Waals surface area contributed by atoms with Gasteiger partial charge in [0.25, 0.3) is 0 Å². The Hall–Kier alpha value is -1.55. The van der Waals surface area contributed by atoms with Gasteiger partial charge in [-0.05, 0) is 38.0 Å². The molecule has 1 atom stereocenters. The van der Waals surface area contributed by atoms with E-state index in [-0.39, 0.29) is 12.5 Å². The van der Waals surface area contributed by atoms with Gasteiger partial charge in [-0.15, -0.1) is 0 Å². The summed E-state index contributed by atoms with van der Waals surface area (Å²) in [5.74, 6) is -0.251. The summed E-state index contributed by atoms with van der Waals surface area (Å²) in [5, 5.41) is 0. The average molecular weight is 236 g/mol. The summed E-state index contributed by atoms with van der Waals surface area (Å²) in [6.07, 6.45) is 0.558. The van der Waals surface area contributed by atoms with E-state index in [1.807, 2.05) is 31.2 Å². The molecule has 0 heterocycles. The first-order valence-corrected chi connectivity index (χ1v) is 5.73. The van der Waals surface area contributed by atoms with E-state index in [0.717, 1.165) is 5.56 Å². The van der Waals surface area contributed by atoms with Gasteiger partial charge in [0.2, 0.25) is 0 Å². The molecule has 0 spiro atoms. The van der Waals surface area contributed by atoms with Gasteiger partial charge in [-0.1, -0.05) is 12.1 Å². The van der Waals surface area contributed by atoms with Crippen LogP contribution in [0.25, 0.3) is 0 Å². The molecule has 0 saturated heterocycles. The van der Waals surface area contributed by atoms with Crippen molar-refractivity contribution in [2.24, 2.45) is 11.1 Å². The second-order valence-corrected chi connectivity index (χ2v) is 4.40. The quantitative estimate of drug-likeness (QED) is 0.597. The summed E-state index contributed by atoms with van der Waals surface area (Å²) in [7, 11) is 0. The Kier molecular flexibility index (Phi) is 4.52. The fourth-order valence-corrected chi connectivity index (χ4v) is 1.62. The van der Waals surface area contributed by atoms with Crippen LogP contribution in [0.2, 0.25) is 0 Å². The number of anilines is 1. The molecule has 0 aliphatic heterocycles. The number of ether oxygens (including phenoxy) is 1. The van der Waals surface area contributed by atoms with Crippen molar-refractivity contribution in [3.05, 3.63) is 29.8 Å². The van der Waals surface area contributed by atoms with Crippen LogP contribution in [-0.4, -0.2) is 19.1 Å². The van der Waals surface area contributed by atoms with Crippen LogP contribution in [0.4, 0.5) is 5.69 Å². The predicted octanol–water partition coefficient (Wildman–Crippen LogP) is 1.34. The molecular weight excluding hydrogens is 216 g/mol. The van der Waals surface area contributed by atoms with Crippen LogP contribution in [0.15, 0.2) is 24.3 Å². The maximum Gasteiger partial charge on any atom is 0.313 e. The highest BCUT2D eigenvalue weighted by Gasteiger charge is 2.33. The van der Waals surface area contributed by atoms with Gasteiger partial charge in [-0.2, -0.15) is 0 Å². The van der Waals surface area contributed by atoms with Crippen molar-refractivity contribution in [1.82, 2.24) is 0 Å². The zero-order valence-electron chi connectivity index (χ0n) is 10.4. The summed E-state index contributed by atoms with van der Waals surface area (Å²) in [4.78, 5) is 11.8. The standard InChI is InChI=1S/C13H20N2O2/c1-3-17-12(16)13(2,9-14)8-10-4-6-11(15)7-5-10/h4-7H,3,8-9,14-15H2,1-2H3. The van der Waals surface area contributed by atoms with Crippen LogP contribution in [0.1, 0.15) is 19.4 Å². The molecule has 1 unspecified atom stereocenters. The molecule has 0 radical (unpaired) electrons. The normalized spacial score (nSPS) is 14.1. The highest BCUT2D eigenvalue weighted by atomic mass is 16.5. The van der Waals surface area contributed by atoms with Crippen LogP contribution in [0.3, 0.4) is 0 Å². The van der Waals surface area contributed by atoms with E-state index in [4.69, 9.17) is 16.2 Å². The number of hydrogen-bond donors (Lipinski definition) is 2. The van der Waals surface area contributed by atoms with Crippen molar-refractivity contribution in [2.45, 2.75) is 20.3 Å². The van der Waals surface area contributed by atoms with E-state index < -0.39 is 5.41 Å². The van der Waals surface area contributed by atoms with Crippen LogP contribution in [0.5, 0.6) is 0 Å². The molecule has 1 rings (SSSR count). The van der Waals surface area contributed by atoms with E-state index in [2.05, 4.69) is 0 Å². The van der Waals surface area contributed by atoms with Crippen molar-refractivity contribution in [1.29, 1.82) is 0 Å². The van der Waals surface area contributed by atoms with E-state index >= 15 is 0 Å². The molecule has 4 heteroatoms. The van der Waals surface area contributed by atoms with Crippen LogP contribution >= 0.6 is 0 Å². The Balaban J connectivity index is 2.81. The van der Waals surface area contributed by atoms with E-state index in [0.29, 0.717) is 18.7 Å². The van der Waals surface area contributed by atoms with Gasteiger partial charge in [0.05, 0.1) is 12.0 Å².